The number of nitrogens with one attached hydrogen (secondary N) is 1. The number of rotatable bonds is 5. The van der Waals surface area contributed by atoms with Gasteiger partial charge in [0.15, 0.2) is 0 Å². The molecule has 0 aliphatic rings. The first-order valence-electron chi connectivity index (χ1n) is 6.96. The maximum Gasteiger partial charge on any atom is 0.254 e. The van der Waals surface area contributed by atoms with E-state index in [1.165, 1.54) is 12.1 Å². The second-order valence-corrected chi connectivity index (χ2v) is 5.18. The first kappa shape index (κ1) is 16.0. The van der Waals surface area contributed by atoms with Crippen LogP contribution in [0.1, 0.15) is 22.0 Å². The van der Waals surface area contributed by atoms with Gasteiger partial charge in [-0.15, -0.1) is 0 Å². The average Bonchev–Trinajstić information content (AvgIpc) is 2.53. The zero-order valence-corrected chi connectivity index (χ0v) is 12.6. The van der Waals surface area contributed by atoms with Gasteiger partial charge in [-0.3, -0.25) is 4.79 Å². The molecule has 1 unspecified atom stereocenters. The number of carbonyl (C=O) groups is 1. The topological polar surface area (TPSA) is 52.6 Å². The quantitative estimate of drug-likeness (QED) is 0.891. The van der Waals surface area contributed by atoms with Gasteiger partial charge in [0.2, 0.25) is 0 Å². The number of aliphatic hydroxyl groups is 1. The molecule has 0 aliphatic carbocycles. The molecule has 5 heteroatoms. The van der Waals surface area contributed by atoms with Crippen molar-refractivity contribution in [2.24, 2.45) is 0 Å². The summed E-state index contributed by atoms with van der Waals surface area (Å²) in [5.74, 6) is -1.14. The van der Waals surface area contributed by atoms with Gasteiger partial charge in [-0.1, -0.05) is 30.3 Å². The standard InChI is InChI=1S/C17H19FN2O2/c1-20(2)13-8-9-14(15(18)10-13)17(22)19-16(11-21)12-6-4-3-5-7-12/h3-10,16,21H,11H2,1-2H3,(H,19,22). The highest BCUT2D eigenvalue weighted by Crippen LogP contribution is 2.18. The van der Waals surface area contributed by atoms with Crippen molar-refractivity contribution in [1.82, 2.24) is 5.32 Å². The van der Waals surface area contributed by atoms with Crippen LogP contribution in [0.2, 0.25) is 0 Å². The van der Waals surface area contributed by atoms with Gasteiger partial charge in [0.25, 0.3) is 5.91 Å². The molecular formula is C17H19FN2O2. The molecule has 0 bridgehead atoms. The normalized spacial score (nSPS) is 11.8. The lowest BCUT2D eigenvalue weighted by Gasteiger charge is -2.18. The number of nitrogens with zero attached hydrogens (tertiary/aromatic N) is 1. The van der Waals surface area contributed by atoms with Crippen molar-refractivity contribution in [3.8, 4) is 0 Å². The molecule has 116 valence electrons. The van der Waals surface area contributed by atoms with Crippen molar-refractivity contribution in [2.45, 2.75) is 6.04 Å². The predicted octanol–water partition coefficient (Wildman–Crippen LogP) is 2.36. The summed E-state index contributed by atoms with van der Waals surface area (Å²) in [6, 6.07) is 12.9. The van der Waals surface area contributed by atoms with E-state index < -0.39 is 17.8 Å². The summed E-state index contributed by atoms with van der Waals surface area (Å²) in [4.78, 5) is 14.0. The third-order valence-corrected chi connectivity index (χ3v) is 3.40. The molecule has 2 aromatic rings. The lowest BCUT2D eigenvalue weighted by molar-refractivity contribution is 0.0912. The van der Waals surface area contributed by atoms with Crippen LogP contribution in [0.15, 0.2) is 48.5 Å². The molecule has 22 heavy (non-hydrogen) atoms. The van der Waals surface area contributed by atoms with Gasteiger partial charge in [-0.2, -0.15) is 0 Å². The zero-order chi connectivity index (χ0) is 16.1. The van der Waals surface area contributed by atoms with E-state index in [1.54, 1.807) is 37.2 Å². The molecule has 1 amide bonds. The number of carbonyl (C=O) groups excluding carboxylic acids is 1. The first-order valence-corrected chi connectivity index (χ1v) is 6.96. The van der Waals surface area contributed by atoms with Crippen molar-refractivity contribution in [2.75, 3.05) is 25.6 Å². The summed E-state index contributed by atoms with van der Waals surface area (Å²) in [6.45, 7) is -0.257. The van der Waals surface area contributed by atoms with E-state index in [0.29, 0.717) is 5.69 Å². The van der Waals surface area contributed by atoms with Crippen molar-refractivity contribution in [3.05, 3.63) is 65.5 Å². The van der Waals surface area contributed by atoms with Gasteiger partial charge in [0, 0.05) is 19.8 Å². The Kier molecular flexibility index (Phi) is 5.12. The number of hydrogen-bond acceptors (Lipinski definition) is 3. The Morgan fingerprint density at radius 1 is 1.23 bits per heavy atom. The number of benzene rings is 2. The highest BCUT2D eigenvalue weighted by atomic mass is 19.1. The molecule has 0 fully saturated rings. The molecule has 0 saturated carbocycles. The predicted molar refractivity (Wildman–Crippen MR) is 84.5 cm³/mol. The Balaban J connectivity index is 2.18. The molecule has 4 nitrogen and oxygen atoms in total. The van der Waals surface area contributed by atoms with E-state index in [0.717, 1.165) is 5.56 Å². The van der Waals surface area contributed by atoms with Crippen LogP contribution in [0, 0.1) is 5.82 Å². The van der Waals surface area contributed by atoms with E-state index in [2.05, 4.69) is 5.32 Å². The molecular weight excluding hydrogens is 283 g/mol. The largest absolute Gasteiger partial charge is 0.394 e. The summed E-state index contributed by atoms with van der Waals surface area (Å²) in [5.41, 5.74) is 1.40. The van der Waals surface area contributed by atoms with Crippen molar-refractivity contribution >= 4 is 11.6 Å². The van der Waals surface area contributed by atoms with Crippen molar-refractivity contribution in [3.63, 3.8) is 0 Å². The summed E-state index contributed by atoms with van der Waals surface area (Å²) in [7, 11) is 3.59. The van der Waals surface area contributed by atoms with Crippen LogP contribution in [0.5, 0.6) is 0 Å². The number of aliphatic hydroxyl groups excluding tert-OH is 1. The molecule has 0 spiro atoms. The molecule has 2 rings (SSSR count). The Hall–Kier alpha value is -2.40. The molecule has 0 aromatic heterocycles. The number of amides is 1. The summed E-state index contributed by atoms with van der Waals surface area (Å²) in [5, 5.41) is 12.1. The minimum absolute atomic E-state index is 0.0417. The second kappa shape index (κ2) is 7.04. The number of hydrogen-bond donors (Lipinski definition) is 2. The van der Waals surface area contributed by atoms with E-state index >= 15 is 0 Å². The molecule has 0 radical (unpaired) electrons. The summed E-state index contributed by atoms with van der Waals surface area (Å²) in [6.07, 6.45) is 0. The van der Waals surface area contributed by atoms with E-state index in [9.17, 15) is 14.3 Å². The lowest BCUT2D eigenvalue weighted by atomic mass is 10.1. The zero-order valence-electron chi connectivity index (χ0n) is 12.6. The highest BCUT2D eigenvalue weighted by molar-refractivity contribution is 5.95. The number of halogens is 1. The van der Waals surface area contributed by atoms with Gasteiger partial charge in [-0.25, -0.2) is 4.39 Å². The van der Waals surface area contributed by atoms with Gasteiger partial charge >= 0.3 is 0 Å². The van der Waals surface area contributed by atoms with E-state index in [4.69, 9.17) is 0 Å². The second-order valence-electron chi connectivity index (χ2n) is 5.18. The van der Waals surface area contributed by atoms with Gasteiger partial charge in [0.05, 0.1) is 18.2 Å². The minimum Gasteiger partial charge on any atom is -0.394 e. The van der Waals surface area contributed by atoms with Crippen LogP contribution < -0.4 is 10.2 Å². The molecule has 1 atom stereocenters. The molecule has 0 saturated heterocycles. The fourth-order valence-electron chi connectivity index (χ4n) is 2.12. The van der Waals surface area contributed by atoms with Crippen LogP contribution in [0.4, 0.5) is 10.1 Å². The maximum atomic E-state index is 14.1. The smallest absolute Gasteiger partial charge is 0.254 e. The first-order chi connectivity index (χ1) is 10.5. The van der Waals surface area contributed by atoms with Crippen LogP contribution in [-0.4, -0.2) is 31.7 Å². The average molecular weight is 302 g/mol. The Morgan fingerprint density at radius 3 is 2.45 bits per heavy atom. The van der Waals surface area contributed by atoms with Crippen LogP contribution >= 0.6 is 0 Å². The third-order valence-electron chi connectivity index (χ3n) is 3.40. The van der Waals surface area contributed by atoms with Crippen LogP contribution in [-0.2, 0) is 0 Å². The lowest BCUT2D eigenvalue weighted by Crippen LogP contribution is -2.31. The Labute approximate surface area is 129 Å². The molecule has 0 aliphatic heterocycles. The van der Waals surface area contributed by atoms with E-state index in [1.807, 2.05) is 18.2 Å². The Bertz CT molecular complexity index is 644. The number of anilines is 1. The third kappa shape index (κ3) is 3.62. The monoisotopic (exact) mass is 302 g/mol. The van der Waals surface area contributed by atoms with Gasteiger partial charge < -0.3 is 15.3 Å². The summed E-state index contributed by atoms with van der Waals surface area (Å²) >= 11 is 0. The van der Waals surface area contributed by atoms with Crippen LogP contribution in [0.3, 0.4) is 0 Å². The van der Waals surface area contributed by atoms with E-state index in [-0.39, 0.29) is 12.2 Å². The van der Waals surface area contributed by atoms with Crippen molar-refractivity contribution < 1.29 is 14.3 Å². The SMILES string of the molecule is CN(C)c1ccc(C(=O)NC(CO)c2ccccc2)c(F)c1. The van der Waals surface area contributed by atoms with Gasteiger partial charge in [0.1, 0.15) is 5.82 Å². The Morgan fingerprint density at radius 2 is 1.91 bits per heavy atom. The molecule has 0 heterocycles. The maximum absolute atomic E-state index is 14.1. The van der Waals surface area contributed by atoms with Crippen molar-refractivity contribution in [1.29, 1.82) is 0 Å². The fourth-order valence-corrected chi connectivity index (χ4v) is 2.12. The van der Waals surface area contributed by atoms with Crippen LogP contribution in [0.25, 0.3) is 0 Å². The minimum atomic E-state index is -0.589. The fraction of sp³-hybridized carbons (Fsp3) is 0.235. The summed E-state index contributed by atoms with van der Waals surface area (Å²) < 4.78 is 14.1. The van der Waals surface area contributed by atoms with Gasteiger partial charge in [-0.05, 0) is 23.8 Å². The molecule has 2 N–H and O–H groups in total. The highest BCUT2D eigenvalue weighted by Gasteiger charge is 2.18. The molecule has 2 aromatic carbocycles.